The van der Waals surface area contributed by atoms with Crippen LogP contribution in [0.4, 0.5) is 0 Å². The first-order valence-electron chi connectivity index (χ1n) is 10.6. The topological polar surface area (TPSA) is 127 Å². The average molecular weight is 453 g/mol. The highest BCUT2D eigenvalue weighted by Gasteiger charge is 2.61. The van der Waals surface area contributed by atoms with Gasteiger partial charge in [0.1, 0.15) is 0 Å². The molecule has 0 heterocycles. The third-order valence-corrected chi connectivity index (χ3v) is 10.7. The van der Waals surface area contributed by atoms with Gasteiger partial charge in [-0.15, -0.1) is 3.63 Å². The largest absolute Gasteiger partial charge is 0.416 e. The van der Waals surface area contributed by atoms with Crippen molar-refractivity contribution in [1.29, 1.82) is 0 Å². The summed E-state index contributed by atoms with van der Waals surface area (Å²) in [6, 6.07) is 0. The Hall–Kier alpha value is -0.260. The minimum atomic E-state index is -5.19. The highest BCUT2D eigenvalue weighted by Crippen LogP contribution is 2.66. The number of rotatable bonds is 4. The fourth-order valence-corrected chi connectivity index (χ4v) is 9.02. The molecule has 8 unspecified atom stereocenters. The standard InChI is InChI=1S/C19H32O8S2/c1-18-7-3-4-14(18)17-15(6-8-18)19(2)9-5-13(20)10-12(19)11-16(17)26-29(24,25)27-28(21,22)23/h12-17,20H,3-11H2,1-2H3,(H,21,22,23). The molecule has 0 amide bonds. The normalized spacial score (nSPS) is 47.9. The van der Waals surface area contributed by atoms with Crippen LogP contribution >= 0.6 is 0 Å². The predicted octanol–water partition coefficient (Wildman–Crippen LogP) is 2.84. The van der Waals surface area contributed by atoms with Gasteiger partial charge in [-0.25, -0.2) is 4.18 Å². The van der Waals surface area contributed by atoms with E-state index in [0.29, 0.717) is 18.8 Å². The Morgan fingerprint density at radius 2 is 1.66 bits per heavy atom. The zero-order valence-corrected chi connectivity index (χ0v) is 18.6. The van der Waals surface area contributed by atoms with E-state index in [1.807, 2.05) is 0 Å². The summed E-state index contributed by atoms with van der Waals surface area (Å²) in [5.41, 5.74) is 0.162. The highest BCUT2D eigenvalue weighted by atomic mass is 32.3. The molecule has 0 aliphatic heterocycles. The van der Waals surface area contributed by atoms with Crippen molar-refractivity contribution in [1.82, 2.24) is 0 Å². The summed E-state index contributed by atoms with van der Waals surface area (Å²) in [5.74, 6) is 0.671. The van der Waals surface area contributed by atoms with Crippen molar-refractivity contribution >= 4 is 20.8 Å². The van der Waals surface area contributed by atoms with E-state index in [2.05, 4.69) is 17.5 Å². The van der Waals surface area contributed by atoms with E-state index < -0.39 is 33.0 Å². The zero-order valence-electron chi connectivity index (χ0n) is 17.0. The Morgan fingerprint density at radius 3 is 2.34 bits per heavy atom. The maximum Gasteiger partial charge on any atom is 0.416 e. The molecule has 4 saturated carbocycles. The number of aliphatic hydroxyl groups is 1. The number of aliphatic hydroxyl groups excluding tert-OH is 1. The molecule has 29 heavy (non-hydrogen) atoms. The predicted molar refractivity (Wildman–Crippen MR) is 104 cm³/mol. The van der Waals surface area contributed by atoms with Crippen LogP contribution < -0.4 is 0 Å². The molecule has 4 aliphatic rings. The van der Waals surface area contributed by atoms with Crippen molar-refractivity contribution < 1.29 is 34.3 Å². The van der Waals surface area contributed by atoms with Crippen LogP contribution in [0.1, 0.15) is 71.6 Å². The first-order chi connectivity index (χ1) is 13.3. The van der Waals surface area contributed by atoms with Crippen LogP contribution in [0.5, 0.6) is 0 Å². The third kappa shape index (κ3) is 4.01. The Balaban J connectivity index is 1.69. The average Bonchev–Trinajstić information content (AvgIpc) is 2.95. The molecule has 8 nitrogen and oxygen atoms in total. The van der Waals surface area contributed by atoms with Gasteiger partial charge in [-0.2, -0.15) is 16.8 Å². The van der Waals surface area contributed by atoms with Crippen LogP contribution in [0.3, 0.4) is 0 Å². The molecule has 0 bridgehead atoms. The molecule has 0 radical (unpaired) electrons. The first kappa shape index (κ1) is 22.0. The van der Waals surface area contributed by atoms with Gasteiger partial charge in [0.05, 0.1) is 12.2 Å². The zero-order chi connectivity index (χ0) is 21.2. The van der Waals surface area contributed by atoms with Gasteiger partial charge < -0.3 is 5.11 Å². The Morgan fingerprint density at radius 1 is 0.931 bits per heavy atom. The molecular weight excluding hydrogens is 420 g/mol. The second kappa shape index (κ2) is 7.13. The monoisotopic (exact) mass is 452 g/mol. The van der Waals surface area contributed by atoms with Crippen LogP contribution in [0.15, 0.2) is 0 Å². The van der Waals surface area contributed by atoms with E-state index in [9.17, 15) is 21.9 Å². The van der Waals surface area contributed by atoms with Gasteiger partial charge in [0.15, 0.2) is 0 Å². The van der Waals surface area contributed by atoms with Gasteiger partial charge in [-0.05, 0) is 85.9 Å². The van der Waals surface area contributed by atoms with Gasteiger partial charge in [0, 0.05) is 0 Å². The van der Waals surface area contributed by atoms with Crippen molar-refractivity contribution in [2.45, 2.75) is 83.8 Å². The summed E-state index contributed by atoms with van der Waals surface area (Å²) in [5, 5.41) is 10.2. The Bertz CT molecular complexity index is 855. The quantitative estimate of drug-likeness (QED) is 0.623. The molecule has 8 atom stereocenters. The minimum absolute atomic E-state index is 0.00693. The molecule has 2 N–H and O–H groups in total. The van der Waals surface area contributed by atoms with Gasteiger partial charge in [0.25, 0.3) is 0 Å². The lowest BCUT2D eigenvalue weighted by molar-refractivity contribution is -0.161. The van der Waals surface area contributed by atoms with Crippen LogP contribution in [0.25, 0.3) is 0 Å². The summed E-state index contributed by atoms with van der Waals surface area (Å²) in [6.07, 6.45) is 6.90. The summed E-state index contributed by atoms with van der Waals surface area (Å²) in [7, 11) is -10.1. The van der Waals surface area contributed by atoms with Gasteiger partial charge in [-0.1, -0.05) is 20.3 Å². The van der Waals surface area contributed by atoms with E-state index in [0.717, 1.165) is 44.9 Å². The lowest BCUT2D eigenvalue weighted by atomic mass is 9.44. The van der Waals surface area contributed by atoms with Crippen LogP contribution in [-0.2, 0) is 28.6 Å². The molecule has 4 aliphatic carbocycles. The highest BCUT2D eigenvalue weighted by molar-refractivity contribution is 7.94. The molecule has 4 fully saturated rings. The maximum atomic E-state index is 12.2. The molecular formula is C19H32O8S2. The summed E-state index contributed by atoms with van der Waals surface area (Å²) < 4.78 is 64.4. The summed E-state index contributed by atoms with van der Waals surface area (Å²) in [6.45, 7) is 4.55. The molecule has 0 aromatic rings. The maximum absolute atomic E-state index is 12.2. The van der Waals surface area contributed by atoms with Crippen molar-refractivity contribution in [3.63, 3.8) is 0 Å². The summed E-state index contributed by atoms with van der Waals surface area (Å²) in [4.78, 5) is 0. The lowest BCUT2D eigenvalue weighted by Crippen LogP contribution is -2.58. The molecule has 0 aromatic heterocycles. The van der Waals surface area contributed by atoms with E-state index in [4.69, 9.17) is 8.74 Å². The molecule has 10 heteroatoms. The van der Waals surface area contributed by atoms with Crippen LogP contribution in [0.2, 0.25) is 0 Å². The fraction of sp³-hybridized carbons (Fsp3) is 1.00. The van der Waals surface area contributed by atoms with E-state index in [1.165, 1.54) is 0 Å². The SMILES string of the molecule is CC12CCCC1C1C(OS(=O)(=O)OS(=O)(=O)O)CC3CC(O)CCC3(C)C1CC2. The van der Waals surface area contributed by atoms with E-state index in [1.54, 1.807) is 0 Å². The van der Waals surface area contributed by atoms with Crippen molar-refractivity contribution in [3.05, 3.63) is 0 Å². The van der Waals surface area contributed by atoms with E-state index in [-0.39, 0.29) is 28.6 Å². The smallest absolute Gasteiger partial charge is 0.393 e. The number of hydrogen-bond donors (Lipinski definition) is 2. The third-order valence-electron chi connectivity index (χ3n) is 8.82. The van der Waals surface area contributed by atoms with Crippen molar-refractivity contribution in [2.75, 3.05) is 0 Å². The summed E-state index contributed by atoms with van der Waals surface area (Å²) >= 11 is 0. The Kier molecular flexibility index (Phi) is 5.40. The second-order valence-electron chi connectivity index (χ2n) is 10.3. The molecule has 0 spiro atoms. The molecule has 0 aromatic carbocycles. The molecule has 0 saturated heterocycles. The second-order valence-corrected chi connectivity index (χ2v) is 12.7. The first-order valence-corrected chi connectivity index (χ1v) is 13.3. The molecule has 168 valence electrons. The van der Waals surface area contributed by atoms with Gasteiger partial charge >= 0.3 is 20.8 Å². The van der Waals surface area contributed by atoms with E-state index >= 15 is 0 Å². The lowest BCUT2D eigenvalue weighted by Gasteiger charge is -2.62. The molecule has 4 rings (SSSR count). The Labute approximate surface area is 173 Å². The van der Waals surface area contributed by atoms with Gasteiger partial charge in [-0.3, -0.25) is 4.55 Å². The van der Waals surface area contributed by atoms with Gasteiger partial charge in [0.2, 0.25) is 0 Å². The minimum Gasteiger partial charge on any atom is -0.393 e. The van der Waals surface area contributed by atoms with Crippen LogP contribution in [-0.4, -0.2) is 38.7 Å². The van der Waals surface area contributed by atoms with Crippen molar-refractivity contribution in [3.8, 4) is 0 Å². The van der Waals surface area contributed by atoms with Crippen LogP contribution in [0, 0.1) is 34.5 Å². The number of hydrogen-bond acceptors (Lipinski definition) is 7. The van der Waals surface area contributed by atoms with Crippen molar-refractivity contribution in [2.24, 2.45) is 34.5 Å². The number of fused-ring (bicyclic) bond motifs is 5. The fourth-order valence-electron chi connectivity index (χ4n) is 7.54.